The molecular weight excluding hydrogens is 395 g/mol. The van der Waals surface area contributed by atoms with Crippen molar-refractivity contribution >= 4 is 23.8 Å². The maximum absolute atomic E-state index is 14.6. The van der Waals surface area contributed by atoms with Gasteiger partial charge in [-0.1, -0.05) is 0 Å². The van der Waals surface area contributed by atoms with E-state index in [9.17, 15) is 14.0 Å². The number of hydrogen-bond acceptors (Lipinski definition) is 8. The Morgan fingerprint density at radius 2 is 1.93 bits per heavy atom. The Morgan fingerprint density at radius 1 is 1.17 bits per heavy atom. The van der Waals surface area contributed by atoms with E-state index < -0.39 is 17.8 Å². The third-order valence-corrected chi connectivity index (χ3v) is 4.02. The van der Waals surface area contributed by atoms with Crippen LogP contribution in [0, 0.1) is 5.82 Å². The molecular formula is C21H23FN2O6. The predicted molar refractivity (Wildman–Crippen MR) is 108 cm³/mol. The predicted octanol–water partition coefficient (Wildman–Crippen LogP) is 3.21. The highest BCUT2D eigenvalue weighted by Crippen LogP contribution is 2.26. The van der Waals surface area contributed by atoms with Gasteiger partial charge in [-0.15, -0.1) is 0 Å². The monoisotopic (exact) mass is 418 g/mol. The highest BCUT2D eigenvalue weighted by Gasteiger charge is 2.17. The van der Waals surface area contributed by atoms with Gasteiger partial charge in [0.2, 0.25) is 0 Å². The number of rotatable bonds is 9. The van der Waals surface area contributed by atoms with Crippen LogP contribution in [0.4, 0.5) is 10.2 Å². The van der Waals surface area contributed by atoms with Crippen LogP contribution < -0.4 is 14.8 Å². The number of carbonyl (C=O) groups is 2. The lowest BCUT2D eigenvalue weighted by atomic mass is 10.1. The van der Waals surface area contributed by atoms with Gasteiger partial charge in [0.15, 0.2) is 11.6 Å². The van der Waals surface area contributed by atoms with Crippen molar-refractivity contribution in [1.29, 1.82) is 0 Å². The van der Waals surface area contributed by atoms with E-state index in [1.165, 1.54) is 20.3 Å². The van der Waals surface area contributed by atoms with Gasteiger partial charge in [0.25, 0.3) is 0 Å². The fraction of sp³-hybridized carbons (Fsp3) is 0.286. The molecule has 1 aromatic heterocycles. The number of methoxy groups -OCH3 is 3. The Bertz CT molecular complexity index is 945. The average molecular weight is 418 g/mol. The molecule has 0 aliphatic rings. The molecule has 0 unspecified atom stereocenters. The van der Waals surface area contributed by atoms with E-state index in [1.807, 2.05) is 0 Å². The maximum atomic E-state index is 14.6. The number of benzene rings is 1. The molecule has 9 heteroatoms. The molecule has 8 nitrogen and oxygen atoms in total. The summed E-state index contributed by atoms with van der Waals surface area (Å²) in [4.78, 5) is 27.7. The van der Waals surface area contributed by atoms with E-state index in [0.717, 1.165) is 17.7 Å². The molecule has 1 heterocycles. The van der Waals surface area contributed by atoms with Crippen LogP contribution in [0.15, 0.2) is 30.3 Å². The quantitative estimate of drug-likeness (QED) is 0.490. The first-order valence-electron chi connectivity index (χ1n) is 9.01. The van der Waals surface area contributed by atoms with Gasteiger partial charge in [0.05, 0.1) is 39.2 Å². The van der Waals surface area contributed by atoms with Crippen LogP contribution in [0.5, 0.6) is 11.5 Å². The van der Waals surface area contributed by atoms with E-state index in [0.29, 0.717) is 11.5 Å². The van der Waals surface area contributed by atoms with E-state index in [2.05, 4.69) is 15.0 Å². The summed E-state index contributed by atoms with van der Waals surface area (Å²) in [5, 5.41) is 2.87. The third-order valence-electron chi connectivity index (χ3n) is 4.02. The highest BCUT2D eigenvalue weighted by molar-refractivity contribution is 5.95. The molecule has 1 aromatic carbocycles. The van der Waals surface area contributed by atoms with Crippen molar-refractivity contribution in [1.82, 2.24) is 4.98 Å². The van der Waals surface area contributed by atoms with Crippen molar-refractivity contribution in [3.8, 4) is 11.5 Å². The Balaban J connectivity index is 2.33. The minimum absolute atomic E-state index is 0.0560. The standard InChI is InChI=1S/C21H23FN2O6/c1-5-30-19(25)9-8-17-15(21(26)29-4)11-16(22)20(24-17)23-12-13-6-7-14(27-2)10-18(13)28-3/h6-11H,5,12H2,1-4H3,(H,23,24)/b9-8+. The summed E-state index contributed by atoms with van der Waals surface area (Å²) in [5.74, 6) is -1.09. The number of anilines is 1. The fourth-order valence-electron chi connectivity index (χ4n) is 2.54. The molecule has 0 amide bonds. The Kier molecular flexibility index (Phi) is 8.16. The molecule has 0 spiro atoms. The third kappa shape index (κ3) is 5.69. The molecule has 0 saturated carbocycles. The molecule has 30 heavy (non-hydrogen) atoms. The Labute approximate surface area is 173 Å². The van der Waals surface area contributed by atoms with Crippen LogP contribution >= 0.6 is 0 Å². The summed E-state index contributed by atoms with van der Waals surface area (Å²) in [6, 6.07) is 6.22. The van der Waals surface area contributed by atoms with Gasteiger partial charge in [-0.2, -0.15) is 0 Å². The normalized spacial score (nSPS) is 10.6. The number of aromatic nitrogens is 1. The van der Waals surface area contributed by atoms with Crippen molar-refractivity contribution < 1.29 is 32.9 Å². The van der Waals surface area contributed by atoms with Crippen molar-refractivity contribution in [2.75, 3.05) is 33.3 Å². The first-order valence-corrected chi connectivity index (χ1v) is 9.01. The number of nitrogens with zero attached hydrogens (tertiary/aromatic N) is 1. The van der Waals surface area contributed by atoms with Crippen LogP contribution in [-0.2, 0) is 20.8 Å². The molecule has 0 saturated heterocycles. The van der Waals surface area contributed by atoms with Crippen LogP contribution in [0.1, 0.15) is 28.5 Å². The number of halogens is 1. The lowest BCUT2D eigenvalue weighted by Gasteiger charge is -2.13. The first-order chi connectivity index (χ1) is 14.4. The molecule has 2 rings (SSSR count). The lowest BCUT2D eigenvalue weighted by molar-refractivity contribution is -0.137. The minimum Gasteiger partial charge on any atom is -0.497 e. The van der Waals surface area contributed by atoms with Crippen LogP contribution in [0.3, 0.4) is 0 Å². The summed E-state index contributed by atoms with van der Waals surface area (Å²) < 4.78 is 34.5. The molecule has 0 atom stereocenters. The Hall–Kier alpha value is -3.62. The number of nitrogens with one attached hydrogen (secondary N) is 1. The summed E-state index contributed by atoms with van der Waals surface area (Å²) in [6.07, 6.45) is 2.37. The zero-order chi connectivity index (χ0) is 22.1. The van der Waals surface area contributed by atoms with Gasteiger partial charge >= 0.3 is 11.9 Å². The van der Waals surface area contributed by atoms with Gasteiger partial charge in [-0.05, 0) is 31.2 Å². The largest absolute Gasteiger partial charge is 0.497 e. The lowest BCUT2D eigenvalue weighted by Crippen LogP contribution is -2.11. The second-order valence-electron chi connectivity index (χ2n) is 5.86. The first kappa shape index (κ1) is 22.7. The second-order valence-corrected chi connectivity index (χ2v) is 5.86. The van der Waals surface area contributed by atoms with Crippen molar-refractivity contribution in [2.45, 2.75) is 13.5 Å². The number of esters is 2. The van der Waals surface area contributed by atoms with Gasteiger partial charge in [0, 0.05) is 24.3 Å². The van der Waals surface area contributed by atoms with Crippen LogP contribution in [-0.4, -0.2) is 44.9 Å². The molecule has 0 fully saturated rings. The van der Waals surface area contributed by atoms with Crippen molar-refractivity contribution in [3.05, 3.63) is 53.0 Å². The molecule has 0 bridgehead atoms. The van der Waals surface area contributed by atoms with E-state index >= 15 is 0 Å². The SMILES string of the molecule is CCOC(=O)/C=C/c1nc(NCc2ccc(OC)cc2OC)c(F)cc1C(=O)OC. The highest BCUT2D eigenvalue weighted by atomic mass is 19.1. The fourth-order valence-corrected chi connectivity index (χ4v) is 2.54. The molecule has 0 aliphatic heterocycles. The zero-order valence-corrected chi connectivity index (χ0v) is 17.2. The Morgan fingerprint density at radius 3 is 2.57 bits per heavy atom. The molecule has 1 N–H and O–H groups in total. The molecule has 160 valence electrons. The maximum Gasteiger partial charge on any atom is 0.340 e. The van der Waals surface area contributed by atoms with Gasteiger partial charge in [0.1, 0.15) is 11.5 Å². The van der Waals surface area contributed by atoms with E-state index in [-0.39, 0.29) is 30.2 Å². The topological polar surface area (TPSA) is 96.0 Å². The number of pyridine rings is 1. The van der Waals surface area contributed by atoms with Crippen LogP contribution in [0.25, 0.3) is 6.08 Å². The average Bonchev–Trinajstić information content (AvgIpc) is 2.76. The van der Waals surface area contributed by atoms with Crippen LogP contribution in [0.2, 0.25) is 0 Å². The summed E-state index contributed by atoms with van der Waals surface area (Å²) in [7, 11) is 4.22. The van der Waals surface area contributed by atoms with E-state index in [1.54, 1.807) is 32.2 Å². The molecule has 2 aromatic rings. The van der Waals surface area contributed by atoms with Gasteiger partial charge in [-0.25, -0.2) is 19.0 Å². The number of ether oxygens (including phenoxy) is 4. The summed E-state index contributed by atoms with van der Waals surface area (Å²) in [6.45, 7) is 2.05. The van der Waals surface area contributed by atoms with E-state index in [4.69, 9.17) is 14.2 Å². The number of hydrogen-bond donors (Lipinski definition) is 1. The number of carbonyl (C=O) groups excluding carboxylic acids is 2. The summed E-state index contributed by atoms with van der Waals surface area (Å²) >= 11 is 0. The second kappa shape index (κ2) is 10.8. The van der Waals surface area contributed by atoms with Gasteiger partial charge in [-0.3, -0.25) is 0 Å². The molecule has 0 aliphatic carbocycles. The van der Waals surface area contributed by atoms with Gasteiger partial charge < -0.3 is 24.3 Å². The minimum atomic E-state index is -0.784. The summed E-state index contributed by atoms with van der Waals surface area (Å²) in [5.41, 5.74) is 0.670. The van der Waals surface area contributed by atoms with Crippen molar-refractivity contribution in [3.63, 3.8) is 0 Å². The van der Waals surface area contributed by atoms with Crippen molar-refractivity contribution in [2.24, 2.45) is 0 Å². The smallest absolute Gasteiger partial charge is 0.340 e. The molecule has 0 radical (unpaired) electrons. The zero-order valence-electron chi connectivity index (χ0n) is 17.2.